The van der Waals surface area contributed by atoms with E-state index in [1.165, 1.54) is 0 Å². The van der Waals surface area contributed by atoms with Crippen molar-refractivity contribution in [1.29, 1.82) is 0 Å². The van der Waals surface area contributed by atoms with Crippen LogP contribution >= 0.6 is 0 Å². The van der Waals surface area contributed by atoms with E-state index in [1.54, 1.807) is 0 Å². The van der Waals surface area contributed by atoms with Crippen LogP contribution in [0, 0.1) is 81.7 Å². The van der Waals surface area contributed by atoms with Crippen LogP contribution in [0.5, 0.6) is 0 Å². The minimum Gasteiger partial charge on any atom is 0 e. The van der Waals surface area contributed by atoms with Gasteiger partial charge in [-0.15, -0.1) is 0 Å². The molecule has 123 valence electrons. The molecule has 0 fully saturated rings. The third-order valence-electron chi connectivity index (χ3n) is 0. The van der Waals surface area contributed by atoms with Gasteiger partial charge in [0.25, 0.3) is 0 Å². The molecule has 0 unspecified atom stereocenters. The molecule has 0 saturated carbocycles. The molecule has 0 N–H and O–H groups in total. The maximum absolute atomic E-state index is 0. The standard InChI is InChI=1S/B.14Fe.2Nd. The molecule has 0 aliphatic carbocycles. The Kier molecular flexibility index (Phi) is 1730. The van der Waals surface area contributed by atoms with Gasteiger partial charge >= 0.3 is 0 Å². The third kappa shape index (κ3) is 149. The normalized spacial score (nSPS) is 0. The molecule has 3 radical (unpaired) electrons. The van der Waals surface area contributed by atoms with Gasteiger partial charge in [-0.05, 0) is 0 Å². The number of rotatable bonds is 0. The summed E-state index contributed by atoms with van der Waals surface area (Å²) >= 11 is 0. The SMILES string of the molecule is [B].[Fe].[Fe].[Fe].[Fe].[Fe].[Fe].[Fe].[Fe].[Fe].[Fe].[Fe].[Fe].[Fe].[Fe].[Nd].[Nd]. The second-order valence-corrected chi connectivity index (χ2v) is 0. The van der Waals surface area contributed by atoms with Crippen molar-refractivity contribution in [2.45, 2.75) is 0 Å². The summed E-state index contributed by atoms with van der Waals surface area (Å²) in [4.78, 5) is 0. The van der Waals surface area contributed by atoms with E-state index in [9.17, 15) is 0 Å². The zero-order valence-corrected chi connectivity index (χ0v) is 28.4. The van der Waals surface area contributed by atoms with Crippen molar-refractivity contribution < 1.29 is 321 Å². The average molecular weight is 1080 g/mol. The second-order valence-electron chi connectivity index (χ2n) is 0. The zero-order chi connectivity index (χ0) is 0. The van der Waals surface area contributed by atoms with Crippen molar-refractivity contribution in [3.63, 3.8) is 0 Å². The van der Waals surface area contributed by atoms with Crippen molar-refractivity contribution >= 4 is 8.41 Å². The summed E-state index contributed by atoms with van der Waals surface area (Å²) in [5.41, 5.74) is 0. The largest absolute Gasteiger partial charge is 0 e. The first-order valence-electron chi connectivity index (χ1n) is 0. The Morgan fingerprint density at radius 1 is 0.176 bits per heavy atom. The summed E-state index contributed by atoms with van der Waals surface area (Å²) in [6, 6.07) is 0. The molecule has 0 aromatic rings. The molecule has 0 amide bonds. The fourth-order valence-electron chi connectivity index (χ4n) is 0. The van der Waals surface area contributed by atoms with Crippen molar-refractivity contribution in [3.8, 4) is 0 Å². The summed E-state index contributed by atoms with van der Waals surface area (Å²) in [5, 5.41) is 0. The molecule has 0 aromatic carbocycles. The second kappa shape index (κ2) is 162. The van der Waals surface area contributed by atoms with Crippen LogP contribution in [-0.2, 0) is 239 Å². The molecule has 0 rings (SSSR count). The van der Waals surface area contributed by atoms with Gasteiger partial charge in [-0.1, -0.05) is 0 Å². The number of hydrogen-bond acceptors (Lipinski definition) is 0. The molecular formula is BFe14Nd2. The van der Waals surface area contributed by atoms with Gasteiger partial charge in [0.15, 0.2) is 0 Å². The third-order valence-corrected chi connectivity index (χ3v) is 0. The van der Waals surface area contributed by atoms with E-state index in [4.69, 9.17) is 0 Å². The van der Waals surface area contributed by atoms with Crippen molar-refractivity contribution in [3.05, 3.63) is 0 Å². The summed E-state index contributed by atoms with van der Waals surface area (Å²) in [7, 11) is 0. The van der Waals surface area contributed by atoms with Crippen LogP contribution in [0.4, 0.5) is 0 Å². The van der Waals surface area contributed by atoms with Crippen molar-refractivity contribution in [2.75, 3.05) is 0 Å². The first-order chi connectivity index (χ1) is 0. The molecule has 0 heterocycles. The van der Waals surface area contributed by atoms with E-state index in [2.05, 4.69) is 0 Å². The van der Waals surface area contributed by atoms with Crippen LogP contribution in [0.15, 0.2) is 0 Å². The van der Waals surface area contributed by atoms with Crippen LogP contribution in [0.2, 0.25) is 0 Å². The first-order valence-corrected chi connectivity index (χ1v) is 0. The van der Waals surface area contributed by atoms with Gasteiger partial charge in [0, 0.05) is 329 Å². The minimum absolute atomic E-state index is 0. The Morgan fingerprint density at radius 3 is 0.176 bits per heavy atom. The predicted octanol–water partition coefficient (Wildman–Crippen LogP) is -0.416. The van der Waals surface area contributed by atoms with E-state index >= 15 is 0 Å². The average Bonchev–Trinajstić information content (AvgIpc) is 0. The molecule has 0 saturated heterocycles. The molecule has 17 heteroatoms. The van der Waals surface area contributed by atoms with E-state index in [1.807, 2.05) is 0 Å². The van der Waals surface area contributed by atoms with Gasteiger partial charge in [-0.3, -0.25) is 0 Å². The van der Waals surface area contributed by atoms with Gasteiger partial charge in [-0.25, -0.2) is 0 Å². The monoisotopic (exact) mass is 1080 g/mol. The Morgan fingerprint density at radius 2 is 0.176 bits per heavy atom. The topological polar surface area (TPSA) is 0 Å². The fourth-order valence-corrected chi connectivity index (χ4v) is 0. The molecular weight excluding hydrogens is 1080 g/mol. The van der Waals surface area contributed by atoms with Crippen LogP contribution in [0.3, 0.4) is 0 Å². The minimum atomic E-state index is 0. The molecule has 17 heavy (non-hydrogen) atoms. The predicted molar refractivity (Wildman–Crippen MR) is 5.75 cm³/mol. The molecule has 0 bridgehead atoms. The Balaban J connectivity index is 0. The van der Waals surface area contributed by atoms with E-state index < -0.39 is 0 Å². The van der Waals surface area contributed by atoms with Crippen LogP contribution < -0.4 is 0 Å². The van der Waals surface area contributed by atoms with Crippen LogP contribution in [-0.4, -0.2) is 8.41 Å². The maximum atomic E-state index is 0. The van der Waals surface area contributed by atoms with Crippen LogP contribution in [0.1, 0.15) is 0 Å². The Hall–Kier alpha value is 10.0. The number of hydrogen-bond donors (Lipinski definition) is 0. The van der Waals surface area contributed by atoms with Crippen LogP contribution in [0.25, 0.3) is 0 Å². The molecule has 0 aliphatic heterocycles. The van der Waals surface area contributed by atoms with E-state index in [0.29, 0.717) is 0 Å². The Bertz CT molecular complexity index is 14.2. The molecule has 0 nitrogen and oxygen atoms in total. The zero-order valence-electron chi connectivity index (χ0n) is 6.53. The molecule has 0 spiro atoms. The van der Waals surface area contributed by atoms with Gasteiger partial charge < -0.3 is 0 Å². The summed E-state index contributed by atoms with van der Waals surface area (Å²) in [6.45, 7) is 0. The van der Waals surface area contributed by atoms with Crippen molar-refractivity contribution in [1.82, 2.24) is 0 Å². The van der Waals surface area contributed by atoms with E-state index in [-0.39, 0.29) is 329 Å². The molecule has 0 atom stereocenters. The smallest absolute Gasteiger partial charge is 0 e. The van der Waals surface area contributed by atoms with Gasteiger partial charge in [0.05, 0.1) is 0 Å². The summed E-state index contributed by atoms with van der Waals surface area (Å²) < 4.78 is 0. The van der Waals surface area contributed by atoms with Gasteiger partial charge in [0.2, 0.25) is 0 Å². The van der Waals surface area contributed by atoms with Gasteiger partial charge in [0.1, 0.15) is 0 Å². The fraction of sp³-hybridized carbons (Fsp3) is 0. The molecule has 0 aromatic heterocycles. The summed E-state index contributed by atoms with van der Waals surface area (Å²) in [5.74, 6) is 0. The molecule has 0 aliphatic rings. The Labute approximate surface area is 320 Å². The van der Waals surface area contributed by atoms with E-state index in [0.717, 1.165) is 0 Å². The maximum Gasteiger partial charge on any atom is 0 e. The van der Waals surface area contributed by atoms with Gasteiger partial charge in [-0.2, -0.15) is 0 Å². The quantitative estimate of drug-likeness (QED) is 0.290. The first kappa shape index (κ1) is 182. The van der Waals surface area contributed by atoms with Crippen molar-refractivity contribution in [2.24, 2.45) is 0 Å². The summed E-state index contributed by atoms with van der Waals surface area (Å²) in [6.07, 6.45) is 0.